The van der Waals surface area contributed by atoms with Crippen LogP contribution < -0.4 is 10.1 Å². The van der Waals surface area contributed by atoms with Crippen LogP contribution in [0.4, 0.5) is 0 Å². The number of rotatable bonds is 4. The summed E-state index contributed by atoms with van der Waals surface area (Å²) in [7, 11) is 0. The third kappa shape index (κ3) is 5.01. The molecule has 1 aliphatic rings. The van der Waals surface area contributed by atoms with E-state index in [-0.39, 0.29) is 24.3 Å². The Balaban J connectivity index is 1.41. The first-order valence-corrected chi connectivity index (χ1v) is 9.24. The highest BCUT2D eigenvalue weighted by Gasteiger charge is 2.25. The fraction of sp³-hybridized carbons (Fsp3) is 0.364. The Morgan fingerprint density at radius 1 is 1.11 bits per heavy atom. The molecule has 0 spiro atoms. The van der Waals surface area contributed by atoms with Crippen molar-refractivity contribution in [1.82, 2.24) is 10.2 Å². The quantitative estimate of drug-likeness (QED) is 0.849. The number of nitrogens with zero attached hydrogens (tertiary/aromatic N) is 1. The highest BCUT2D eigenvalue weighted by Crippen LogP contribution is 2.24. The maximum atomic E-state index is 12.2. The van der Waals surface area contributed by atoms with Gasteiger partial charge in [0.1, 0.15) is 12.4 Å². The number of amides is 2. The molecule has 1 saturated heterocycles. The number of nitrogens with one attached hydrogen (secondary N) is 1. The molecule has 2 aromatic rings. The van der Waals surface area contributed by atoms with Crippen LogP contribution in [0.15, 0.2) is 42.5 Å². The van der Waals surface area contributed by atoms with Crippen LogP contribution in [0.2, 0.25) is 0 Å². The predicted octanol–water partition coefficient (Wildman–Crippen LogP) is 2.60. The van der Waals surface area contributed by atoms with Crippen LogP contribution in [-0.4, -0.2) is 43.0 Å². The van der Waals surface area contributed by atoms with E-state index in [0.717, 1.165) is 16.5 Å². The first-order valence-electron chi connectivity index (χ1n) is 9.24. The molecule has 140 valence electrons. The molecule has 0 radical (unpaired) electrons. The molecule has 0 bridgehead atoms. The van der Waals surface area contributed by atoms with Crippen molar-refractivity contribution < 1.29 is 14.3 Å². The van der Waals surface area contributed by atoms with E-state index in [1.807, 2.05) is 42.5 Å². The predicted molar refractivity (Wildman–Crippen MR) is 105 cm³/mol. The Morgan fingerprint density at radius 3 is 2.63 bits per heavy atom. The van der Waals surface area contributed by atoms with E-state index in [1.165, 1.54) is 0 Å². The molecule has 0 unspecified atom stereocenters. The number of benzene rings is 2. The number of fused-ring (bicyclic) bond motifs is 1. The minimum atomic E-state index is -0.0330. The lowest BCUT2D eigenvalue weighted by Crippen LogP contribution is -2.42. The number of likely N-dealkylation sites (tertiary alicyclic amines) is 1. The standard InChI is InChI=1S/C22H24N2O3/c1-17(25)24-14-11-19(12-15-24)22(26)23-13-4-5-16-27-21-10-6-8-18-7-2-3-9-20(18)21/h2-3,6-10,19H,11-16H2,1H3,(H,23,26). The molecule has 0 atom stereocenters. The molecular formula is C22H24N2O3. The van der Waals surface area contributed by atoms with Crippen molar-refractivity contribution in [2.24, 2.45) is 5.92 Å². The van der Waals surface area contributed by atoms with E-state index in [2.05, 4.69) is 17.2 Å². The lowest BCUT2D eigenvalue weighted by molar-refractivity contribution is -0.133. The van der Waals surface area contributed by atoms with Crippen LogP contribution in [0.3, 0.4) is 0 Å². The zero-order valence-electron chi connectivity index (χ0n) is 15.5. The van der Waals surface area contributed by atoms with E-state index < -0.39 is 0 Å². The summed E-state index contributed by atoms with van der Waals surface area (Å²) in [6.45, 7) is 3.46. The minimum Gasteiger partial charge on any atom is -0.480 e. The Hall–Kier alpha value is -3.00. The topological polar surface area (TPSA) is 58.6 Å². The fourth-order valence-corrected chi connectivity index (χ4v) is 3.28. The molecular weight excluding hydrogens is 340 g/mol. The van der Waals surface area contributed by atoms with Crippen LogP contribution in [0.25, 0.3) is 10.8 Å². The van der Waals surface area contributed by atoms with Crippen molar-refractivity contribution in [2.45, 2.75) is 19.8 Å². The van der Waals surface area contributed by atoms with E-state index in [4.69, 9.17) is 4.74 Å². The number of hydrogen-bond acceptors (Lipinski definition) is 3. The number of hydrogen-bond donors (Lipinski definition) is 1. The van der Waals surface area contributed by atoms with E-state index in [1.54, 1.807) is 11.8 Å². The van der Waals surface area contributed by atoms with E-state index >= 15 is 0 Å². The van der Waals surface area contributed by atoms with Gasteiger partial charge in [-0.1, -0.05) is 48.2 Å². The second-order valence-corrected chi connectivity index (χ2v) is 6.62. The van der Waals surface area contributed by atoms with Gasteiger partial charge in [-0.05, 0) is 24.3 Å². The van der Waals surface area contributed by atoms with Crippen molar-refractivity contribution in [1.29, 1.82) is 0 Å². The van der Waals surface area contributed by atoms with Crippen molar-refractivity contribution in [2.75, 3.05) is 26.2 Å². The third-order valence-corrected chi connectivity index (χ3v) is 4.84. The summed E-state index contributed by atoms with van der Waals surface area (Å²) in [4.78, 5) is 25.3. The number of carbonyl (C=O) groups is 2. The lowest BCUT2D eigenvalue weighted by Gasteiger charge is -2.30. The van der Waals surface area contributed by atoms with Gasteiger partial charge in [-0.15, -0.1) is 0 Å². The molecule has 0 aromatic heterocycles. The number of carbonyl (C=O) groups excluding carboxylic acids is 2. The third-order valence-electron chi connectivity index (χ3n) is 4.84. The zero-order valence-corrected chi connectivity index (χ0v) is 15.5. The van der Waals surface area contributed by atoms with Gasteiger partial charge in [-0.25, -0.2) is 0 Å². The molecule has 5 nitrogen and oxygen atoms in total. The summed E-state index contributed by atoms with van der Waals surface area (Å²) in [5.74, 6) is 6.74. The van der Waals surface area contributed by atoms with Crippen molar-refractivity contribution in [3.63, 3.8) is 0 Å². The second kappa shape index (κ2) is 9.09. The molecule has 0 aliphatic carbocycles. The van der Waals surface area contributed by atoms with E-state index in [9.17, 15) is 9.59 Å². The Kier molecular flexibility index (Phi) is 6.32. The minimum absolute atomic E-state index is 0.0162. The van der Waals surface area contributed by atoms with Crippen LogP contribution >= 0.6 is 0 Å². The molecule has 27 heavy (non-hydrogen) atoms. The van der Waals surface area contributed by atoms with Gasteiger partial charge in [0, 0.05) is 31.3 Å². The SMILES string of the molecule is CC(=O)N1CCC(C(=O)NCC#CCOc2cccc3ccccc23)CC1. The smallest absolute Gasteiger partial charge is 0.223 e. The van der Waals surface area contributed by atoms with Gasteiger partial charge in [0.05, 0.1) is 6.54 Å². The van der Waals surface area contributed by atoms with Gasteiger partial charge < -0.3 is 15.0 Å². The van der Waals surface area contributed by atoms with Crippen LogP contribution in [0.1, 0.15) is 19.8 Å². The summed E-state index contributed by atoms with van der Waals surface area (Å²) in [5.41, 5.74) is 0. The molecule has 0 saturated carbocycles. The second-order valence-electron chi connectivity index (χ2n) is 6.62. The maximum Gasteiger partial charge on any atom is 0.223 e. The number of ether oxygens (including phenoxy) is 1. The first kappa shape index (κ1) is 18.8. The molecule has 1 fully saturated rings. The average molecular weight is 364 g/mol. The molecule has 5 heteroatoms. The summed E-state index contributed by atoms with van der Waals surface area (Å²) < 4.78 is 5.75. The summed E-state index contributed by atoms with van der Waals surface area (Å²) >= 11 is 0. The number of piperidine rings is 1. The zero-order chi connectivity index (χ0) is 19.1. The lowest BCUT2D eigenvalue weighted by atomic mass is 9.96. The van der Waals surface area contributed by atoms with Gasteiger partial charge in [0.2, 0.25) is 11.8 Å². The Bertz CT molecular complexity index is 868. The monoisotopic (exact) mass is 364 g/mol. The molecule has 2 amide bonds. The molecule has 1 aliphatic heterocycles. The summed E-state index contributed by atoms with van der Waals surface area (Å²) in [6, 6.07) is 14.0. The molecule has 1 N–H and O–H groups in total. The average Bonchev–Trinajstić information content (AvgIpc) is 2.70. The van der Waals surface area contributed by atoms with Crippen LogP contribution in [0, 0.1) is 17.8 Å². The van der Waals surface area contributed by atoms with Crippen molar-refractivity contribution in [3.8, 4) is 17.6 Å². The molecule has 1 heterocycles. The maximum absolute atomic E-state index is 12.2. The van der Waals surface area contributed by atoms with Gasteiger partial charge in [-0.3, -0.25) is 9.59 Å². The first-order chi connectivity index (χ1) is 13.1. The largest absolute Gasteiger partial charge is 0.480 e. The van der Waals surface area contributed by atoms with Gasteiger partial charge in [0.15, 0.2) is 0 Å². The van der Waals surface area contributed by atoms with Crippen molar-refractivity contribution in [3.05, 3.63) is 42.5 Å². The summed E-state index contributed by atoms with van der Waals surface area (Å²) in [5, 5.41) is 5.05. The highest BCUT2D eigenvalue weighted by atomic mass is 16.5. The summed E-state index contributed by atoms with van der Waals surface area (Å²) in [6.07, 6.45) is 1.42. The van der Waals surface area contributed by atoms with Crippen LogP contribution in [0.5, 0.6) is 5.75 Å². The Labute approximate surface area is 159 Å². The fourth-order valence-electron chi connectivity index (χ4n) is 3.28. The highest BCUT2D eigenvalue weighted by molar-refractivity contribution is 5.88. The molecule has 2 aromatic carbocycles. The van der Waals surface area contributed by atoms with Gasteiger partial charge in [0.25, 0.3) is 0 Å². The van der Waals surface area contributed by atoms with Gasteiger partial charge >= 0.3 is 0 Å². The molecule has 3 rings (SSSR count). The van der Waals surface area contributed by atoms with Crippen LogP contribution in [-0.2, 0) is 9.59 Å². The van der Waals surface area contributed by atoms with Crippen molar-refractivity contribution >= 4 is 22.6 Å². The van der Waals surface area contributed by atoms with Gasteiger partial charge in [-0.2, -0.15) is 0 Å². The Morgan fingerprint density at radius 2 is 1.85 bits per heavy atom. The normalized spacial score (nSPS) is 14.3. The van der Waals surface area contributed by atoms with E-state index in [0.29, 0.717) is 32.5 Å².